The summed E-state index contributed by atoms with van der Waals surface area (Å²) in [5.74, 6) is 0.497. The van der Waals surface area contributed by atoms with Crippen molar-refractivity contribution in [3.63, 3.8) is 0 Å². The molecule has 0 bridgehead atoms. The number of hydrogen-bond donors (Lipinski definition) is 1. The summed E-state index contributed by atoms with van der Waals surface area (Å²) in [5, 5.41) is 4.44. The molecule has 6 rings (SSSR count). The molecule has 0 spiro atoms. The smallest absolute Gasteiger partial charge is 0.274 e. The molecular weight excluding hydrogens is 487 g/mol. The van der Waals surface area contributed by atoms with Gasteiger partial charge < -0.3 is 14.6 Å². The summed E-state index contributed by atoms with van der Waals surface area (Å²) in [6, 6.07) is 11.3. The minimum absolute atomic E-state index is 0.158. The lowest BCUT2D eigenvalue weighted by atomic mass is 9.84. The van der Waals surface area contributed by atoms with Crippen LogP contribution in [0.3, 0.4) is 0 Å². The van der Waals surface area contributed by atoms with Gasteiger partial charge in [0.05, 0.1) is 19.5 Å². The van der Waals surface area contributed by atoms with Crippen LogP contribution >= 0.6 is 0 Å². The highest BCUT2D eigenvalue weighted by Crippen LogP contribution is 2.34. The Morgan fingerprint density at radius 2 is 1.89 bits per heavy atom. The number of carbonyl (C=O) groups excluding carboxylic acids is 1. The zero-order valence-corrected chi connectivity index (χ0v) is 21.2. The van der Waals surface area contributed by atoms with Crippen LogP contribution in [0.2, 0.25) is 0 Å². The highest BCUT2D eigenvalue weighted by atomic mass is 19.1. The Hall–Kier alpha value is -4.08. The van der Waals surface area contributed by atoms with E-state index >= 15 is 0 Å². The van der Waals surface area contributed by atoms with Crippen molar-refractivity contribution in [2.75, 3.05) is 26.9 Å². The van der Waals surface area contributed by atoms with Crippen LogP contribution < -0.4 is 10.3 Å². The van der Waals surface area contributed by atoms with Crippen molar-refractivity contribution in [2.45, 2.75) is 38.0 Å². The minimum Gasteiger partial charge on any atom is -0.481 e. The van der Waals surface area contributed by atoms with Gasteiger partial charge in [0.15, 0.2) is 11.5 Å². The van der Waals surface area contributed by atoms with E-state index in [9.17, 15) is 14.0 Å². The number of methoxy groups -OCH3 is 1. The highest BCUT2D eigenvalue weighted by molar-refractivity contribution is 6.05. The number of hydrogen-bond acceptors (Lipinski definition) is 6. The van der Waals surface area contributed by atoms with Crippen molar-refractivity contribution in [1.82, 2.24) is 29.5 Å². The van der Waals surface area contributed by atoms with Gasteiger partial charge in [-0.1, -0.05) is 43.5 Å². The SMILES string of the molecule is COc1ccnc(-c2nn3c(=O)cc(-c4ccc(C5CCCCC5)cc4)[nH]c3c2C(=O)N2CC(CF)C2)n1. The molecule has 1 aliphatic heterocycles. The fraction of sp³-hybridized carbons (Fsp3) is 0.393. The lowest BCUT2D eigenvalue weighted by Gasteiger charge is -2.37. The van der Waals surface area contributed by atoms with Crippen LogP contribution in [0.5, 0.6) is 5.88 Å². The van der Waals surface area contributed by atoms with E-state index in [1.807, 2.05) is 12.1 Å². The Balaban J connectivity index is 1.45. The summed E-state index contributed by atoms with van der Waals surface area (Å²) in [4.78, 5) is 40.3. The van der Waals surface area contributed by atoms with E-state index < -0.39 is 12.2 Å². The van der Waals surface area contributed by atoms with Gasteiger partial charge in [0.2, 0.25) is 5.88 Å². The summed E-state index contributed by atoms with van der Waals surface area (Å²) in [6.07, 6.45) is 7.74. The lowest BCUT2D eigenvalue weighted by molar-refractivity contribution is 0.0455. The van der Waals surface area contributed by atoms with E-state index in [4.69, 9.17) is 4.74 Å². The fourth-order valence-corrected chi connectivity index (χ4v) is 5.49. The van der Waals surface area contributed by atoms with E-state index in [1.165, 1.54) is 57.0 Å². The number of carbonyl (C=O) groups is 1. The number of benzene rings is 1. The lowest BCUT2D eigenvalue weighted by Crippen LogP contribution is -2.50. The number of amides is 1. The number of H-pyrrole nitrogens is 1. The summed E-state index contributed by atoms with van der Waals surface area (Å²) >= 11 is 0. The maximum atomic E-state index is 13.6. The van der Waals surface area contributed by atoms with E-state index in [2.05, 4.69) is 32.2 Å². The minimum atomic E-state index is -0.484. The van der Waals surface area contributed by atoms with Crippen molar-refractivity contribution >= 4 is 11.6 Å². The second-order valence-corrected chi connectivity index (χ2v) is 10.1. The molecule has 9 nitrogen and oxygen atoms in total. The van der Waals surface area contributed by atoms with Gasteiger partial charge in [-0.05, 0) is 29.9 Å². The predicted octanol–water partition coefficient (Wildman–Crippen LogP) is 4.24. The Labute approximate surface area is 218 Å². The Morgan fingerprint density at radius 1 is 1.13 bits per heavy atom. The molecule has 1 saturated carbocycles. The second kappa shape index (κ2) is 10.00. The quantitative estimate of drug-likeness (QED) is 0.411. The molecule has 1 amide bonds. The monoisotopic (exact) mass is 516 g/mol. The molecule has 2 fully saturated rings. The maximum absolute atomic E-state index is 13.6. The highest BCUT2D eigenvalue weighted by Gasteiger charge is 2.35. The molecular formula is C28H29FN6O3. The van der Waals surface area contributed by atoms with Gasteiger partial charge in [-0.3, -0.25) is 14.0 Å². The first-order valence-electron chi connectivity index (χ1n) is 13.0. The van der Waals surface area contributed by atoms with Crippen LogP contribution in [0, 0.1) is 5.92 Å². The average Bonchev–Trinajstić information content (AvgIpc) is 3.33. The zero-order chi connectivity index (χ0) is 26.2. The van der Waals surface area contributed by atoms with Gasteiger partial charge in [0.1, 0.15) is 11.3 Å². The van der Waals surface area contributed by atoms with Crippen LogP contribution in [0.15, 0.2) is 47.4 Å². The third-order valence-electron chi connectivity index (χ3n) is 7.64. The number of nitrogens with zero attached hydrogens (tertiary/aromatic N) is 5. The van der Waals surface area contributed by atoms with Crippen LogP contribution in [-0.4, -0.2) is 62.2 Å². The fourth-order valence-electron chi connectivity index (χ4n) is 5.49. The molecule has 10 heteroatoms. The Bertz CT molecular complexity index is 1530. The summed E-state index contributed by atoms with van der Waals surface area (Å²) < 4.78 is 19.5. The molecule has 1 saturated heterocycles. The number of halogens is 1. The zero-order valence-electron chi connectivity index (χ0n) is 21.2. The van der Waals surface area contributed by atoms with Crippen LogP contribution in [0.4, 0.5) is 4.39 Å². The van der Waals surface area contributed by atoms with E-state index in [0.717, 1.165) is 10.1 Å². The molecule has 3 aromatic heterocycles. The largest absolute Gasteiger partial charge is 0.481 e. The number of ether oxygens (including phenoxy) is 1. The first-order chi connectivity index (χ1) is 18.6. The van der Waals surface area contributed by atoms with Crippen LogP contribution in [0.25, 0.3) is 28.4 Å². The van der Waals surface area contributed by atoms with Gasteiger partial charge in [-0.15, -0.1) is 0 Å². The third kappa shape index (κ3) is 4.33. The van der Waals surface area contributed by atoms with Crippen LogP contribution in [0.1, 0.15) is 53.9 Å². The van der Waals surface area contributed by atoms with Gasteiger partial charge >= 0.3 is 0 Å². The second-order valence-electron chi connectivity index (χ2n) is 10.1. The molecule has 2 aliphatic rings. The molecule has 0 unspecified atom stereocenters. The normalized spacial score (nSPS) is 16.5. The van der Waals surface area contributed by atoms with Crippen molar-refractivity contribution in [3.05, 3.63) is 64.1 Å². The molecule has 0 radical (unpaired) electrons. The number of nitrogens with one attached hydrogen (secondary N) is 1. The molecule has 38 heavy (non-hydrogen) atoms. The van der Waals surface area contributed by atoms with E-state index in [1.54, 1.807) is 11.0 Å². The van der Waals surface area contributed by atoms with Gasteiger partial charge in [0, 0.05) is 37.3 Å². The summed E-state index contributed by atoms with van der Waals surface area (Å²) in [7, 11) is 1.48. The Morgan fingerprint density at radius 3 is 2.61 bits per heavy atom. The molecule has 4 aromatic rings. The first-order valence-corrected chi connectivity index (χ1v) is 13.0. The van der Waals surface area contributed by atoms with Gasteiger partial charge in [-0.2, -0.15) is 14.6 Å². The maximum Gasteiger partial charge on any atom is 0.274 e. The number of fused-ring (bicyclic) bond motifs is 1. The number of aromatic nitrogens is 5. The number of alkyl halides is 1. The molecule has 1 aromatic carbocycles. The van der Waals surface area contributed by atoms with Crippen molar-refractivity contribution in [3.8, 4) is 28.7 Å². The van der Waals surface area contributed by atoms with Crippen molar-refractivity contribution in [1.29, 1.82) is 0 Å². The van der Waals surface area contributed by atoms with Crippen molar-refractivity contribution in [2.24, 2.45) is 5.92 Å². The van der Waals surface area contributed by atoms with Gasteiger partial charge in [0.25, 0.3) is 11.5 Å². The first kappa shape index (κ1) is 24.3. The predicted molar refractivity (Wildman–Crippen MR) is 140 cm³/mol. The molecule has 4 heterocycles. The van der Waals surface area contributed by atoms with E-state index in [-0.39, 0.29) is 34.6 Å². The van der Waals surface area contributed by atoms with E-state index in [0.29, 0.717) is 30.6 Å². The summed E-state index contributed by atoms with van der Waals surface area (Å²) in [6.45, 7) is 0.123. The summed E-state index contributed by atoms with van der Waals surface area (Å²) in [5.41, 5.74) is 2.93. The molecule has 1 N–H and O–H groups in total. The standard InChI is InChI=1S/C28H29FN6O3/c1-38-22-11-12-30-26(32-22)25-24(28(37)34-15-17(14-29)16-34)27-31-21(13-23(36)35(27)33-25)20-9-7-19(8-10-20)18-5-3-2-4-6-18/h7-13,17-18,31H,2-6,14-16H2,1H3. The molecule has 196 valence electrons. The Kier molecular flexibility index (Phi) is 6.39. The third-order valence-corrected chi connectivity index (χ3v) is 7.64. The average molecular weight is 517 g/mol. The number of aromatic amines is 1. The molecule has 1 aliphatic carbocycles. The number of likely N-dealkylation sites (tertiary alicyclic amines) is 1. The number of rotatable bonds is 6. The van der Waals surface area contributed by atoms with Crippen LogP contribution in [-0.2, 0) is 0 Å². The topological polar surface area (TPSA) is 105 Å². The molecule has 0 atom stereocenters. The van der Waals surface area contributed by atoms with Gasteiger partial charge in [-0.25, -0.2) is 4.98 Å². The van der Waals surface area contributed by atoms with Crippen molar-refractivity contribution < 1.29 is 13.9 Å².